The molecule has 2 aromatic rings. The SMILES string of the molecule is COc1cncc(Oc2cccc(CN)c2)n1. The molecular weight excluding hydrogens is 218 g/mol. The molecular formula is C12H13N3O2. The molecule has 0 bridgehead atoms. The van der Waals surface area contributed by atoms with Gasteiger partial charge in [0.1, 0.15) is 5.75 Å². The quantitative estimate of drug-likeness (QED) is 0.867. The van der Waals surface area contributed by atoms with Crippen molar-refractivity contribution in [2.45, 2.75) is 6.54 Å². The summed E-state index contributed by atoms with van der Waals surface area (Å²) in [5, 5.41) is 0. The maximum absolute atomic E-state index is 5.55. The maximum Gasteiger partial charge on any atom is 0.241 e. The van der Waals surface area contributed by atoms with E-state index in [2.05, 4.69) is 9.97 Å². The second-order valence-electron chi connectivity index (χ2n) is 3.35. The molecule has 1 aromatic heterocycles. The number of ether oxygens (including phenoxy) is 2. The first-order chi connectivity index (χ1) is 8.31. The van der Waals surface area contributed by atoms with Gasteiger partial charge in [-0.2, -0.15) is 4.98 Å². The number of hydrogen-bond donors (Lipinski definition) is 1. The Morgan fingerprint density at radius 3 is 2.82 bits per heavy atom. The van der Waals surface area contributed by atoms with Crippen molar-refractivity contribution in [3.8, 4) is 17.5 Å². The van der Waals surface area contributed by atoms with Gasteiger partial charge in [0.2, 0.25) is 11.8 Å². The third kappa shape index (κ3) is 2.92. The molecule has 0 aliphatic carbocycles. The number of methoxy groups -OCH3 is 1. The fourth-order valence-electron chi connectivity index (χ4n) is 1.34. The third-order valence-electron chi connectivity index (χ3n) is 2.16. The molecule has 88 valence electrons. The van der Waals surface area contributed by atoms with Gasteiger partial charge in [-0.1, -0.05) is 12.1 Å². The van der Waals surface area contributed by atoms with Crippen molar-refractivity contribution in [2.24, 2.45) is 5.73 Å². The summed E-state index contributed by atoms with van der Waals surface area (Å²) in [5.41, 5.74) is 6.55. The lowest BCUT2D eigenvalue weighted by Crippen LogP contribution is -1.97. The molecule has 0 unspecified atom stereocenters. The molecule has 0 radical (unpaired) electrons. The largest absolute Gasteiger partial charge is 0.480 e. The van der Waals surface area contributed by atoms with Gasteiger partial charge in [0, 0.05) is 6.54 Å². The summed E-state index contributed by atoms with van der Waals surface area (Å²) < 4.78 is 10.5. The normalized spacial score (nSPS) is 10.0. The average molecular weight is 231 g/mol. The Balaban J connectivity index is 2.18. The van der Waals surface area contributed by atoms with Gasteiger partial charge >= 0.3 is 0 Å². The number of hydrogen-bond acceptors (Lipinski definition) is 5. The Labute approximate surface area is 99.2 Å². The van der Waals surface area contributed by atoms with E-state index in [9.17, 15) is 0 Å². The number of benzene rings is 1. The summed E-state index contributed by atoms with van der Waals surface area (Å²) in [6.45, 7) is 0.473. The summed E-state index contributed by atoms with van der Waals surface area (Å²) in [7, 11) is 1.53. The van der Waals surface area contributed by atoms with Gasteiger partial charge in [0.25, 0.3) is 0 Å². The molecule has 5 nitrogen and oxygen atoms in total. The Morgan fingerprint density at radius 1 is 1.24 bits per heavy atom. The Bertz CT molecular complexity index is 457. The summed E-state index contributed by atoms with van der Waals surface area (Å²) >= 11 is 0. The van der Waals surface area contributed by atoms with Crippen LogP contribution in [0.5, 0.6) is 17.5 Å². The van der Waals surface area contributed by atoms with Crippen molar-refractivity contribution in [3.05, 3.63) is 42.2 Å². The van der Waals surface area contributed by atoms with E-state index in [0.717, 1.165) is 5.56 Å². The molecule has 0 fully saturated rings. The lowest BCUT2D eigenvalue weighted by atomic mass is 10.2. The number of aromatic nitrogens is 2. The van der Waals surface area contributed by atoms with E-state index in [1.54, 1.807) is 0 Å². The molecule has 1 aromatic carbocycles. The van der Waals surface area contributed by atoms with Crippen LogP contribution in [0.4, 0.5) is 0 Å². The monoisotopic (exact) mass is 231 g/mol. The van der Waals surface area contributed by atoms with Crippen molar-refractivity contribution in [1.82, 2.24) is 9.97 Å². The van der Waals surface area contributed by atoms with Gasteiger partial charge in [0.15, 0.2) is 0 Å². The minimum absolute atomic E-state index is 0.388. The zero-order valence-corrected chi connectivity index (χ0v) is 9.46. The Kier molecular flexibility index (Phi) is 3.52. The van der Waals surface area contributed by atoms with Crippen LogP contribution in [0.2, 0.25) is 0 Å². The predicted octanol–water partition coefficient (Wildman–Crippen LogP) is 1.74. The smallest absolute Gasteiger partial charge is 0.241 e. The molecule has 0 saturated heterocycles. The highest BCUT2D eigenvalue weighted by molar-refractivity contribution is 5.31. The van der Waals surface area contributed by atoms with Crippen LogP contribution in [-0.4, -0.2) is 17.1 Å². The van der Waals surface area contributed by atoms with Crippen molar-refractivity contribution in [1.29, 1.82) is 0 Å². The van der Waals surface area contributed by atoms with Crippen molar-refractivity contribution in [3.63, 3.8) is 0 Å². The minimum atomic E-state index is 0.388. The van der Waals surface area contributed by atoms with Crippen molar-refractivity contribution < 1.29 is 9.47 Å². The number of nitrogens with zero attached hydrogens (tertiary/aromatic N) is 2. The minimum Gasteiger partial charge on any atom is -0.480 e. The maximum atomic E-state index is 5.55. The van der Waals surface area contributed by atoms with Crippen LogP contribution >= 0.6 is 0 Å². The predicted molar refractivity (Wildman–Crippen MR) is 63.0 cm³/mol. The van der Waals surface area contributed by atoms with Crippen LogP contribution in [0.1, 0.15) is 5.56 Å². The van der Waals surface area contributed by atoms with Crippen LogP contribution in [0.15, 0.2) is 36.7 Å². The highest BCUT2D eigenvalue weighted by atomic mass is 16.5. The van der Waals surface area contributed by atoms with Crippen LogP contribution in [0.3, 0.4) is 0 Å². The molecule has 0 saturated carbocycles. The van der Waals surface area contributed by atoms with Crippen LogP contribution in [-0.2, 0) is 6.54 Å². The van der Waals surface area contributed by atoms with E-state index >= 15 is 0 Å². The highest BCUT2D eigenvalue weighted by Gasteiger charge is 2.02. The fraction of sp³-hybridized carbons (Fsp3) is 0.167. The molecule has 0 aliphatic rings. The van der Waals surface area contributed by atoms with E-state index in [-0.39, 0.29) is 0 Å². The summed E-state index contributed by atoms with van der Waals surface area (Å²) in [4.78, 5) is 8.06. The molecule has 0 aliphatic heterocycles. The molecule has 17 heavy (non-hydrogen) atoms. The van der Waals surface area contributed by atoms with E-state index < -0.39 is 0 Å². The zero-order valence-electron chi connectivity index (χ0n) is 9.46. The standard InChI is InChI=1S/C12H13N3O2/c1-16-11-7-14-8-12(15-11)17-10-4-2-3-9(5-10)6-13/h2-5,7-8H,6,13H2,1H3. The molecule has 1 heterocycles. The second kappa shape index (κ2) is 5.27. The van der Waals surface area contributed by atoms with E-state index in [4.69, 9.17) is 15.2 Å². The van der Waals surface area contributed by atoms with Crippen LogP contribution < -0.4 is 15.2 Å². The topological polar surface area (TPSA) is 70.3 Å². The fourth-order valence-corrected chi connectivity index (χ4v) is 1.34. The lowest BCUT2D eigenvalue weighted by molar-refractivity contribution is 0.380. The first-order valence-electron chi connectivity index (χ1n) is 5.14. The second-order valence-corrected chi connectivity index (χ2v) is 3.35. The molecule has 5 heteroatoms. The number of nitrogens with two attached hydrogens (primary N) is 1. The first-order valence-corrected chi connectivity index (χ1v) is 5.14. The highest BCUT2D eigenvalue weighted by Crippen LogP contribution is 2.21. The van der Waals surface area contributed by atoms with Gasteiger partial charge in [-0.05, 0) is 17.7 Å². The van der Waals surface area contributed by atoms with Gasteiger partial charge in [-0.15, -0.1) is 0 Å². The van der Waals surface area contributed by atoms with E-state index in [0.29, 0.717) is 24.1 Å². The molecule has 2 rings (SSSR count). The van der Waals surface area contributed by atoms with Gasteiger partial charge in [0.05, 0.1) is 19.5 Å². The summed E-state index contributed by atoms with van der Waals surface area (Å²) in [6.07, 6.45) is 3.04. The van der Waals surface area contributed by atoms with Crippen LogP contribution in [0.25, 0.3) is 0 Å². The number of rotatable bonds is 4. The van der Waals surface area contributed by atoms with Crippen LogP contribution in [0, 0.1) is 0 Å². The van der Waals surface area contributed by atoms with Crippen molar-refractivity contribution >= 4 is 0 Å². The van der Waals surface area contributed by atoms with Gasteiger partial charge in [-0.3, -0.25) is 4.98 Å². The molecule has 2 N–H and O–H groups in total. The summed E-state index contributed by atoms with van der Waals surface area (Å²) in [6, 6.07) is 7.51. The Morgan fingerprint density at radius 2 is 2.06 bits per heavy atom. The molecule has 0 spiro atoms. The Hall–Kier alpha value is -2.14. The third-order valence-corrected chi connectivity index (χ3v) is 2.16. The van der Waals surface area contributed by atoms with Gasteiger partial charge < -0.3 is 15.2 Å². The first kappa shape index (κ1) is 11.3. The molecule has 0 atom stereocenters. The van der Waals surface area contributed by atoms with Crippen molar-refractivity contribution in [2.75, 3.05) is 7.11 Å². The summed E-state index contributed by atoms with van der Waals surface area (Å²) in [5.74, 6) is 1.48. The van der Waals surface area contributed by atoms with E-state index in [1.165, 1.54) is 19.5 Å². The van der Waals surface area contributed by atoms with Gasteiger partial charge in [-0.25, -0.2) is 0 Å². The lowest BCUT2D eigenvalue weighted by Gasteiger charge is -2.06. The molecule has 0 amide bonds. The zero-order chi connectivity index (χ0) is 12.1. The average Bonchev–Trinajstić information content (AvgIpc) is 2.39. The van der Waals surface area contributed by atoms with E-state index in [1.807, 2.05) is 24.3 Å².